The number of aliphatic imine (C=N–C) groups is 1. The predicted molar refractivity (Wildman–Crippen MR) is 70.6 cm³/mol. The second kappa shape index (κ2) is 5.58. The second-order valence-electron chi connectivity index (χ2n) is 3.94. The molecule has 0 bridgehead atoms. The highest BCUT2D eigenvalue weighted by Crippen LogP contribution is 2.29. The van der Waals surface area contributed by atoms with Crippen LogP contribution in [-0.2, 0) is 9.63 Å². The summed E-state index contributed by atoms with van der Waals surface area (Å²) in [5, 5.41) is 11.3. The number of carbonyl (C=O) groups excluding carboxylic acids is 1. The minimum atomic E-state index is -0.547. The summed E-state index contributed by atoms with van der Waals surface area (Å²) in [6.45, 7) is 0. The number of nitrogens with zero attached hydrogens (tertiary/aromatic N) is 2. The van der Waals surface area contributed by atoms with Gasteiger partial charge in [-0.2, -0.15) is 0 Å². The van der Waals surface area contributed by atoms with E-state index in [0.717, 1.165) is 11.1 Å². The van der Waals surface area contributed by atoms with E-state index in [1.807, 2.05) is 0 Å². The molecule has 1 atom stereocenters. The van der Waals surface area contributed by atoms with Gasteiger partial charge in [0.2, 0.25) is 0 Å². The van der Waals surface area contributed by atoms with Gasteiger partial charge in [0.15, 0.2) is 0 Å². The molecule has 1 aromatic carbocycles. The smallest absolute Gasteiger partial charge is 0.271 e. The van der Waals surface area contributed by atoms with Crippen molar-refractivity contribution in [3.05, 3.63) is 29.6 Å². The van der Waals surface area contributed by atoms with Crippen molar-refractivity contribution in [1.82, 2.24) is 5.06 Å². The van der Waals surface area contributed by atoms with Gasteiger partial charge < -0.3 is 5.11 Å². The van der Waals surface area contributed by atoms with Crippen LogP contribution >= 0.6 is 11.8 Å². The van der Waals surface area contributed by atoms with E-state index in [0.29, 0.717) is 16.4 Å². The van der Waals surface area contributed by atoms with Crippen molar-refractivity contribution in [2.45, 2.75) is 6.04 Å². The van der Waals surface area contributed by atoms with Crippen LogP contribution in [0.15, 0.2) is 23.2 Å². The molecule has 0 aliphatic carbocycles. The number of thioether (sulfide) groups is 1. The maximum Gasteiger partial charge on any atom is 0.271 e. The van der Waals surface area contributed by atoms with Crippen molar-refractivity contribution in [1.29, 1.82) is 0 Å². The molecule has 1 aliphatic heterocycles. The molecule has 0 radical (unpaired) electrons. The Hall–Kier alpha value is -1.60. The second-order valence-corrected chi connectivity index (χ2v) is 4.95. The SMILES string of the molecule is CON(C)C(=O)C1CSC(c2ccc(F)cc2O)=N1. The number of likely N-dealkylation sites (N-methyl/N-ethyl adjacent to an activating group) is 1. The standard InChI is InChI=1S/C12H13FN2O3S/c1-15(18-2)12(17)9-6-19-11(14-9)8-4-3-7(13)5-10(8)16/h3-5,9,16H,6H2,1-2H3. The van der Waals surface area contributed by atoms with Crippen LogP contribution in [-0.4, -0.2) is 47.1 Å². The third kappa shape index (κ3) is 2.87. The molecule has 1 unspecified atom stereocenters. The summed E-state index contributed by atoms with van der Waals surface area (Å²) in [5.41, 5.74) is 0.432. The van der Waals surface area contributed by atoms with E-state index in [9.17, 15) is 14.3 Å². The molecule has 2 rings (SSSR count). The van der Waals surface area contributed by atoms with Gasteiger partial charge in [0.25, 0.3) is 5.91 Å². The summed E-state index contributed by atoms with van der Waals surface area (Å²) in [6.07, 6.45) is 0. The van der Waals surface area contributed by atoms with Crippen molar-refractivity contribution in [3.63, 3.8) is 0 Å². The number of amides is 1. The van der Waals surface area contributed by atoms with Crippen LogP contribution in [0.4, 0.5) is 4.39 Å². The molecule has 19 heavy (non-hydrogen) atoms. The van der Waals surface area contributed by atoms with Crippen molar-refractivity contribution in [3.8, 4) is 5.75 Å². The number of rotatable bonds is 3. The Balaban J connectivity index is 2.21. The van der Waals surface area contributed by atoms with Crippen molar-refractivity contribution in [2.24, 2.45) is 4.99 Å². The summed E-state index contributed by atoms with van der Waals surface area (Å²) >= 11 is 1.34. The third-order valence-corrected chi connectivity index (χ3v) is 3.79. The molecule has 5 nitrogen and oxygen atoms in total. The third-order valence-electron chi connectivity index (χ3n) is 2.71. The Kier molecular flexibility index (Phi) is 4.06. The number of carbonyl (C=O) groups is 1. The highest BCUT2D eigenvalue weighted by Gasteiger charge is 2.29. The largest absolute Gasteiger partial charge is 0.507 e. The molecule has 102 valence electrons. The van der Waals surface area contributed by atoms with E-state index in [1.165, 1.54) is 38.1 Å². The van der Waals surface area contributed by atoms with Crippen LogP contribution in [0.1, 0.15) is 5.56 Å². The molecule has 1 amide bonds. The number of hydrogen-bond acceptors (Lipinski definition) is 5. The van der Waals surface area contributed by atoms with E-state index in [4.69, 9.17) is 4.84 Å². The number of phenols is 1. The molecular formula is C12H13FN2O3S. The lowest BCUT2D eigenvalue weighted by Crippen LogP contribution is -2.34. The number of phenolic OH excluding ortho intramolecular Hbond substituents is 1. The first kappa shape index (κ1) is 13.8. The molecule has 7 heteroatoms. The topological polar surface area (TPSA) is 62.1 Å². The fourth-order valence-electron chi connectivity index (χ4n) is 1.63. The van der Waals surface area contributed by atoms with Crippen LogP contribution in [0.2, 0.25) is 0 Å². The molecule has 0 aromatic heterocycles. The van der Waals surface area contributed by atoms with Gasteiger partial charge in [0.1, 0.15) is 22.7 Å². The molecule has 1 N–H and O–H groups in total. The molecule has 0 spiro atoms. The van der Waals surface area contributed by atoms with Gasteiger partial charge in [-0.05, 0) is 12.1 Å². The van der Waals surface area contributed by atoms with E-state index in [2.05, 4.69) is 4.99 Å². The van der Waals surface area contributed by atoms with Crippen LogP contribution in [0.25, 0.3) is 0 Å². The van der Waals surface area contributed by atoms with E-state index < -0.39 is 11.9 Å². The van der Waals surface area contributed by atoms with E-state index in [1.54, 1.807) is 0 Å². The Bertz CT molecular complexity index is 536. The quantitative estimate of drug-likeness (QED) is 0.853. The Morgan fingerprint density at radius 3 is 3.00 bits per heavy atom. The lowest BCUT2D eigenvalue weighted by molar-refractivity contribution is -0.169. The molecule has 0 saturated heterocycles. The van der Waals surface area contributed by atoms with Gasteiger partial charge in [-0.1, -0.05) is 0 Å². The highest BCUT2D eigenvalue weighted by atomic mass is 32.2. The van der Waals surface area contributed by atoms with Crippen LogP contribution in [0.3, 0.4) is 0 Å². The molecule has 1 heterocycles. The first-order valence-corrected chi connectivity index (χ1v) is 6.52. The highest BCUT2D eigenvalue weighted by molar-refractivity contribution is 8.14. The van der Waals surface area contributed by atoms with Crippen molar-refractivity contribution < 1.29 is 19.1 Å². The minimum absolute atomic E-state index is 0.181. The van der Waals surface area contributed by atoms with Crippen molar-refractivity contribution >= 4 is 22.7 Å². The average molecular weight is 284 g/mol. The van der Waals surface area contributed by atoms with Gasteiger partial charge in [0, 0.05) is 24.4 Å². The van der Waals surface area contributed by atoms with Gasteiger partial charge >= 0.3 is 0 Å². The normalized spacial score (nSPS) is 18.3. The minimum Gasteiger partial charge on any atom is -0.507 e. The first-order valence-electron chi connectivity index (χ1n) is 5.54. The maximum absolute atomic E-state index is 12.9. The fourth-order valence-corrected chi connectivity index (χ4v) is 2.70. The maximum atomic E-state index is 12.9. The summed E-state index contributed by atoms with van der Waals surface area (Å²) in [4.78, 5) is 20.9. The number of hydrogen-bond donors (Lipinski definition) is 1. The molecule has 0 saturated carbocycles. The van der Waals surface area contributed by atoms with E-state index in [-0.39, 0.29) is 11.7 Å². The molecule has 1 aliphatic rings. The molecule has 1 aromatic rings. The number of halogens is 1. The Morgan fingerprint density at radius 1 is 1.63 bits per heavy atom. The van der Waals surface area contributed by atoms with Gasteiger partial charge in [-0.15, -0.1) is 11.8 Å². The van der Waals surface area contributed by atoms with Crippen LogP contribution < -0.4 is 0 Å². The van der Waals surface area contributed by atoms with Gasteiger partial charge in [0.05, 0.1) is 7.11 Å². The first-order chi connectivity index (χ1) is 9.02. The number of hydroxylamine groups is 2. The van der Waals surface area contributed by atoms with E-state index >= 15 is 0 Å². The van der Waals surface area contributed by atoms with Crippen molar-refractivity contribution in [2.75, 3.05) is 19.9 Å². The fraction of sp³-hybridized carbons (Fsp3) is 0.333. The number of benzene rings is 1. The lowest BCUT2D eigenvalue weighted by Gasteiger charge is -2.15. The zero-order chi connectivity index (χ0) is 14.0. The van der Waals surface area contributed by atoms with Crippen LogP contribution in [0, 0.1) is 5.82 Å². The average Bonchev–Trinajstić information content (AvgIpc) is 2.86. The summed E-state index contributed by atoms with van der Waals surface area (Å²) in [6, 6.07) is 3.17. The van der Waals surface area contributed by atoms with Gasteiger partial charge in [-0.3, -0.25) is 14.6 Å². The Labute approximate surface area is 114 Å². The molecular weight excluding hydrogens is 271 g/mol. The van der Waals surface area contributed by atoms with Gasteiger partial charge in [-0.25, -0.2) is 9.45 Å². The summed E-state index contributed by atoms with van der Waals surface area (Å²) in [5.74, 6) is -0.485. The number of aromatic hydroxyl groups is 1. The predicted octanol–water partition coefficient (Wildman–Crippen LogP) is 1.41. The lowest BCUT2D eigenvalue weighted by atomic mass is 10.2. The summed E-state index contributed by atoms with van der Waals surface area (Å²) < 4.78 is 12.9. The Morgan fingerprint density at radius 2 is 2.37 bits per heavy atom. The zero-order valence-corrected chi connectivity index (χ0v) is 11.3. The summed E-state index contributed by atoms with van der Waals surface area (Å²) in [7, 11) is 2.91. The molecule has 0 fully saturated rings. The zero-order valence-electron chi connectivity index (χ0n) is 10.5. The monoisotopic (exact) mass is 284 g/mol. The van der Waals surface area contributed by atoms with Crippen LogP contribution in [0.5, 0.6) is 5.75 Å².